The number of hydrogen-bond acceptors (Lipinski definition) is 3. The summed E-state index contributed by atoms with van der Waals surface area (Å²) in [6.45, 7) is 7.05. The van der Waals surface area contributed by atoms with Crippen molar-refractivity contribution >= 4 is 0 Å². The van der Waals surface area contributed by atoms with Crippen LogP contribution < -0.4 is 4.74 Å². The lowest BCUT2D eigenvalue weighted by molar-refractivity contribution is 0.159. The Morgan fingerprint density at radius 3 is 2.56 bits per heavy atom. The Kier molecular flexibility index (Phi) is 4.12. The van der Waals surface area contributed by atoms with Gasteiger partial charge >= 0.3 is 0 Å². The first-order valence-electron chi connectivity index (χ1n) is 6.68. The molecule has 2 rings (SSSR count). The van der Waals surface area contributed by atoms with Crippen LogP contribution in [0.4, 0.5) is 0 Å². The first kappa shape index (κ1) is 13.2. The molecule has 1 fully saturated rings. The zero-order chi connectivity index (χ0) is 13.1. The molecule has 0 amide bonds. The molecule has 100 valence electrons. The highest BCUT2D eigenvalue weighted by Crippen LogP contribution is 2.29. The first-order chi connectivity index (χ1) is 8.58. The molecule has 1 heterocycles. The highest BCUT2D eigenvalue weighted by atomic mass is 16.5. The highest BCUT2D eigenvalue weighted by molar-refractivity contribution is 5.46. The lowest BCUT2D eigenvalue weighted by Crippen LogP contribution is -2.32. The van der Waals surface area contributed by atoms with E-state index in [-0.39, 0.29) is 0 Å². The molecule has 1 aliphatic rings. The SMILES string of the molecule is Cc1c(O)ccc(OCC2CCN(C)CC2)c1C. The lowest BCUT2D eigenvalue weighted by atomic mass is 9.98. The Labute approximate surface area is 109 Å². The minimum absolute atomic E-state index is 0.346. The molecule has 1 saturated heterocycles. The lowest BCUT2D eigenvalue weighted by Gasteiger charge is -2.29. The number of benzene rings is 1. The quantitative estimate of drug-likeness (QED) is 0.894. The minimum Gasteiger partial charge on any atom is -0.508 e. The highest BCUT2D eigenvalue weighted by Gasteiger charge is 2.17. The second kappa shape index (κ2) is 5.61. The van der Waals surface area contributed by atoms with Crippen LogP contribution in [0.1, 0.15) is 24.0 Å². The van der Waals surface area contributed by atoms with Crippen LogP contribution in [0.15, 0.2) is 12.1 Å². The second-order valence-electron chi connectivity index (χ2n) is 5.39. The molecule has 1 N–H and O–H groups in total. The summed E-state index contributed by atoms with van der Waals surface area (Å²) in [4.78, 5) is 2.37. The maximum absolute atomic E-state index is 9.61. The van der Waals surface area contributed by atoms with Gasteiger partial charge in [0, 0.05) is 0 Å². The number of nitrogens with zero attached hydrogens (tertiary/aromatic N) is 1. The smallest absolute Gasteiger partial charge is 0.122 e. The van der Waals surface area contributed by atoms with Gasteiger partial charge in [-0.25, -0.2) is 0 Å². The van der Waals surface area contributed by atoms with E-state index in [2.05, 4.69) is 11.9 Å². The Balaban J connectivity index is 1.92. The predicted molar refractivity (Wildman–Crippen MR) is 73.3 cm³/mol. The van der Waals surface area contributed by atoms with Crippen molar-refractivity contribution in [1.29, 1.82) is 0 Å². The fraction of sp³-hybridized carbons (Fsp3) is 0.600. The van der Waals surface area contributed by atoms with E-state index in [1.54, 1.807) is 6.07 Å². The Morgan fingerprint density at radius 1 is 1.22 bits per heavy atom. The summed E-state index contributed by atoms with van der Waals surface area (Å²) < 4.78 is 5.92. The third-order valence-corrected chi connectivity index (χ3v) is 4.02. The van der Waals surface area contributed by atoms with Crippen molar-refractivity contribution in [2.75, 3.05) is 26.7 Å². The molecule has 0 bridgehead atoms. The summed E-state index contributed by atoms with van der Waals surface area (Å²) in [5.74, 6) is 1.91. The fourth-order valence-corrected chi connectivity index (χ4v) is 2.37. The zero-order valence-electron chi connectivity index (χ0n) is 11.6. The van der Waals surface area contributed by atoms with E-state index in [9.17, 15) is 5.11 Å². The number of hydrogen-bond donors (Lipinski definition) is 1. The summed E-state index contributed by atoms with van der Waals surface area (Å²) in [6.07, 6.45) is 2.43. The Morgan fingerprint density at radius 2 is 1.89 bits per heavy atom. The molecule has 0 unspecified atom stereocenters. The van der Waals surface area contributed by atoms with E-state index < -0.39 is 0 Å². The maximum atomic E-state index is 9.61. The van der Waals surface area contributed by atoms with Crippen LogP contribution in [0.2, 0.25) is 0 Å². The third-order valence-electron chi connectivity index (χ3n) is 4.02. The molecule has 0 radical (unpaired) electrons. The van der Waals surface area contributed by atoms with Crippen molar-refractivity contribution in [3.63, 3.8) is 0 Å². The van der Waals surface area contributed by atoms with Gasteiger partial charge in [-0.3, -0.25) is 0 Å². The molecule has 3 nitrogen and oxygen atoms in total. The van der Waals surface area contributed by atoms with E-state index in [0.717, 1.165) is 23.5 Å². The van der Waals surface area contributed by atoms with Gasteiger partial charge in [-0.15, -0.1) is 0 Å². The van der Waals surface area contributed by atoms with Crippen molar-refractivity contribution in [1.82, 2.24) is 4.90 Å². The number of piperidine rings is 1. The molecule has 0 aliphatic carbocycles. The molecule has 0 spiro atoms. The summed E-state index contributed by atoms with van der Waals surface area (Å²) in [6, 6.07) is 3.58. The largest absolute Gasteiger partial charge is 0.508 e. The molecule has 0 atom stereocenters. The van der Waals surface area contributed by atoms with Gasteiger partial charge in [0.1, 0.15) is 11.5 Å². The van der Waals surface area contributed by atoms with E-state index >= 15 is 0 Å². The molecule has 18 heavy (non-hydrogen) atoms. The average Bonchev–Trinajstić information content (AvgIpc) is 2.37. The predicted octanol–water partition coefficient (Wildman–Crippen LogP) is 2.73. The monoisotopic (exact) mass is 249 g/mol. The van der Waals surface area contributed by atoms with E-state index in [4.69, 9.17) is 4.74 Å². The standard InChI is InChI=1S/C15H23NO2/c1-11-12(2)15(5-4-14(11)17)18-10-13-6-8-16(3)9-7-13/h4-5,13,17H,6-10H2,1-3H3. The molecular weight excluding hydrogens is 226 g/mol. The van der Waals surface area contributed by atoms with Crippen molar-refractivity contribution < 1.29 is 9.84 Å². The van der Waals surface area contributed by atoms with Crippen molar-refractivity contribution in [2.45, 2.75) is 26.7 Å². The molecular formula is C15H23NO2. The normalized spacial score (nSPS) is 17.9. The van der Waals surface area contributed by atoms with Gasteiger partial charge in [0.2, 0.25) is 0 Å². The van der Waals surface area contributed by atoms with Crippen LogP contribution in [-0.4, -0.2) is 36.8 Å². The van der Waals surface area contributed by atoms with Crippen LogP contribution in [0.3, 0.4) is 0 Å². The molecule has 1 aliphatic heterocycles. The topological polar surface area (TPSA) is 32.7 Å². The first-order valence-corrected chi connectivity index (χ1v) is 6.68. The number of phenolic OH excluding ortho intramolecular Hbond substituents is 1. The summed E-state index contributed by atoms with van der Waals surface area (Å²) in [5.41, 5.74) is 1.96. The van der Waals surface area contributed by atoms with Crippen molar-refractivity contribution in [3.05, 3.63) is 23.3 Å². The third kappa shape index (κ3) is 2.96. The van der Waals surface area contributed by atoms with Crippen LogP contribution >= 0.6 is 0 Å². The molecule has 1 aromatic rings. The minimum atomic E-state index is 0.346. The molecule has 0 aromatic heterocycles. The summed E-state index contributed by atoms with van der Waals surface area (Å²) in [5, 5.41) is 9.61. The van der Waals surface area contributed by atoms with Crippen LogP contribution in [0.25, 0.3) is 0 Å². The Bertz CT molecular complexity index is 409. The second-order valence-corrected chi connectivity index (χ2v) is 5.39. The van der Waals surface area contributed by atoms with Gasteiger partial charge in [-0.1, -0.05) is 0 Å². The van der Waals surface area contributed by atoms with Crippen LogP contribution in [0, 0.1) is 19.8 Å². The van der Waals surface area contributed by atoms with Gasteiger partial charge in [0.25, 0.3) is 0 Å². The molecule has 3 heteroatoms. The Hall–Kier alpha value is -1.22. The number of phenols is 1. The summed E-state index contributed by atoms with van der Waals surface area (Å²) >= 11 is 0. The van der Waals surface area contributed by atoms with Gasteiger partial charge in [-0.2, -0.15) is 0 Å². The molecule has 0 saturated carbocycles. The van der Waals surface area contributed by atoms with Crippen LogP contribution in [0.5, 0.6) is 11.5 Å². The number of ether oxygens (including phenoxy) is 1. The van der Waals surface area contributed by atoms with Gasteiger partial charge < -0.3 is 14.7 Å². The van der Waals surface area contributed by atoms with Crippen molar-refractivity contribution in [2.24, 2.45) is 5.92 Å². The van der Waals surface area contributed by atoms with Gasteiger partial charge in [0.05, 0.1) is 6.61 Å². The summed E-state index contributed by atoms with van der Waals surface area (Å²) in [7, 11) is 2.17. The van der Waals surface area contributed by atoms with E-state index in [0.29, 0.717) is 11.7 Å². The zero-order valence-corrected chi connectivity index (χ0v) is 11.6. The van der Waals surface area contributed by atoms with Crippen LogP contribution in [-0.2, 0) is 0 Å². The number of rotatable bonds is 3. The van der Waals surface area contributed by atoms with Crippen molar-refractivity contribution in [3.8, 4) is 11.5 Å². The number of likely N-dealkylation sites (tertiary alicyclic amines) is 1. The van der Waals surface area contributed by atoms with Gasteiger partial charge in [-0.05, 0) is 76.0 Å². The van der Waals surface area contributed by atoms with E-state index in [1.165, 1.54) is 25.9 Å². The van der Waals surface area contributed by atoms with E-state index in [1.807, 2.05) is 19.9 Å². The molecule has 1 aromatic carbocycles. The fourth-order valence-electron chi connectivity index (χ4n) is 2.37. The van der Waals surface area contributed by atoms with Gasteiger partial charge in [0.15, 0.2) is 0 Å². The maximum Gasteiger partial charge on any atom is 0.122 e. The number of aromatic hydroxyl groups is 1. The average molecular weight is 249 g/mol.